The van der Waals surface area contributed by atoms with Gasteiger partial charge in [-0.15, -0.1) is 10.2 Å². The summed E-state index contributed by atoms with van der Waals surface area (Å²) in [5.74, 6) is -0.509. The summed E-state index contributed by atoms with van der Waals surface area (Å²) in [6.45, 7) is 3.87. The molecule has 1 amide bonds. The molecule has 26 heavy (non-hydrogen) atoms. The number of nitrogens with one attached hydrogen (secondary N) is 2. The first-order chi connectivity index (χ1) is 12.5. The fraction of sp³-hybridized carbons (Fsp3) is 0.412. The van der Waals surface area contributed by atoms with Crippen LogP contribution in [0.5, 0.6) is 0 Å². The number of hydrogen-bond acceptors (Lipinski definition) is 8. The van der Waals surface area contributed by atoms with Crippen LogP contribution in [0.2, 0.25) is 0 Å². The van der Waals surface area contributed by atoms with Crippen LogP contribution in [0.25, 0.3) is 0 Å². The lowest BCUT2D eigenvalue weighted by Crippen LogP contribution is -2.46. The van der Waals surface area contributed by atoms with Crippen molar-refractivity contribution in [1.29, 1.82) is 0 Å². The molecule has 2 N–H and O–H groups in total. The summed E-state index contributed by atoms with van der Waals surface area (Å²) in [7, 11) is 1.32. The fourth-order valence-corrected chi connectivity index (χ4v) is 3.69. The van der Waals surface area contributed by atoms with Gasteiger partial charge in [-0.05, 0) is 18.1 Å². The molecule has 2 aromatic rings. The van der Waals surface area contributed by atoms with Crippen molar-refractivity contribution in [3.8, 4) is 0 Å². The van der Waals surface area contributed by atoms with Crippen LogP contribution in [0.1, 0.15) is 20.3 Å². The summed E-state index contributed by atoms with van der Waals surface area (Å²) < 4.78 is 5.45. The minimum atomic E-state index is -0.636. The van der Waals surface area contributed by atoms with Crippen molar-refractivity contribution in [2.45, 2.75) is 30.6 Å². The molecule has 140 valence electrons. The van der Waals surface area contributed by atoms with Crippen molar-refractivity contribution in [3.63, 3.8) is 0 Å². The van der Waals surface area contributed by atoms with Gasteiger partial charge < -0.3 is 15.4 Å². The van der Waals surface area contributed by atoms with E-state index in [-0.39, 0.29) is 17.6 Å². The molecule has 9 heteroatoms. The maximum absolute atomic E-state index is 12.2. The number of amides is 1. The number of ether oxygens (including phenoxy) is 1. The van der Waals surface area contributed by atoms with E-state index in [1.807, 2.05) is 44.2 Å². The van der Waals surface area contributed by atoms with E-state index in [1.165, 1.54) is 30.2 Å². The minimum absolute atomic E-state index is 0.000366. The Balaban J connectivity index is 1.86. The van der Waals surface area contributed by atoms with Crippen LogP contribution in [-0.2, 0) is 14.3 Å². The second-order valence-electron chi connectivity index (χ2n) is 5.61. The second kappa shape index (κ2) is 10.1. The summed E-state index contributed by atoms with van der Waals surface area (Å²) in [4.78, 5) is 24.0. The predicted octanol–water partition coefficient (Wildman–Crippen LogP) is 3.08. The average Bonchev–Trinajstić information content (AvgIpc) is 3.11. The first-order valence-corrected chi connectivity index (χ1v) is 9.99. The van der Waals surface area contributed by atoms with Crippen molar-refractivity contribution < 1.29 is 14.3 Å². The van der Waals surface area contributed by atoms with Crippen LogP contribution >= 0.6 is 23.1 Å². The van der Waals surface area contributed by atoms with Gasteiger partial charge in [-0.1, -0.05) is 61.6 Å². The zero-order chi connectivity index (χ0) is 18.9. The largest absolute Gasteiger partial charge is 0.467 e. The summed E-state index contributed by atoms with van der Waals surface area (Å²) in [5, 5.41) is 14.7. The molecule has 1 aromatic heterocycles. The third-order valence-electron chi connectivity index (χ3n) is 3.74. The van der Waals surface area contributed by atoms with E-state index in [2.05, 4.69) is 20.8 Å². The van der Waals surface area contributed by atoms with Crippen LogP contribution < -0.4 is 10.6 Å². The second-order valence-corrected chi connectivity index (χ2v) is 7.81. The highest BCUT2D eigenvalue weighted by molar-refractivity contribution is 8.01. The number of esters is 1. The number of rotatable bonds is 9. The number of nitrogens with zero attached hydrogens (tertiary/aromatic N) is 2. The van der Waals surface area contributed by atoms with Gasteiger partial charge in [0.1, 0.15) is 6.04 Å². The zero-order valence-corrected chi connectivity index (χ0v) is 16.5. The minimum Gasteiger partial charge on any atom is -0.467 e. The van der Waals surface area contributed by atoms with Crippen LogP contribution in [0.15, 0.2) is 34.7 Å². The quantitative estimate of drug-likeness (QED) is 0.499. The number of benzene rings is 1. The topological polar surface area (TPSA) is 93.2 Å². The molecule has 1 heterocycles. The SMILES string of the molecule is CCC(C)C(NC(=O)CSc1nnc(Nc2ccccc2)s1)C(=O)OC. The summed E-state index contributed by atoms with van der Waals surface area (Å²) >= 11 is 2.65. The van der Waals surface area contributed by atoms with E-state index in [9.17, 15) is 9.59 Å². The monoisotopic (exact) mass is 394 g/mol. The number of anilines is 2. The Hall–Kier alpha value is -2.13. The van der Waals surface area contributed by atoms with Crippen LogP contribution in [-0.4, -0.2) is 41.0 Å². The lowest BCUT2D eigenvalue weighted by Gasteiger charge is -2.21. The summed E-state index contributed by atoms with van der Waals surface area (Å²) in [6.07, 6.45) is 0.762. The number of para-hydroxylation sites is 1. The number of carbonyl (C=O) groups excluding carboxylic acids is 2. The fourth-order valence-electron chi connectivity index (χ4n) is 2.10. The van der Waals surface area contributed by atoms with Crippen molar-refractivity contribution in [2.75, 3.05) is 18.2 Å². The van der Waals surface area contributed by atoms with E-state index in [0.717, 1.165) is 12.1 Å². The first-order valence-electron chi connectivity index (χ1n) is 8.19. The smallest absolute Gasteiger partial charge is 0.328 e. The molecule has 0 aliphatic heterocycles. The standard InChI is InChI=1S/C17H22N4O3S2/c1-4-11(2)14(15(23)24-3)19-13(22)10-25-17-21-20-16(26-17)18-12-8-6-5-7-9-12/h5-9,11,14H,4,10H2,1-3H3,(H,18,20)(H,19,22). The molecule has 0 aliphatic carbocycles. The number of aromatic nitrogens is 2. The van der Waals surface area contributed by atoms with Crippen molar-refractivity contribution >= 4 is 45.8 Å². The van der Waals surface area contributed by atoms with Gasteiger partial charge >= 0.3 is 5.97 Å². The highest BCUT2D eigenvalue weighted by Crippen LogP contribution is 2.27. The van der Waals surface area contributed by atoms with E-state index >= 15 is 0 Å². The van der Waals surface area contributed by atoms with Crippen LogP contribution in [0.4, 0.5) is 10.8 Å². The maximum atomic E-state index is 12.2. The predicted molar refractivity (Wildman–Crippen MR) is 104 cm³/mol. The maximum Gasteiger partial charge on any atom is 0.328 e. The Bertz CT molecular complexity index is 724. The molecular weight excluding hydrogens is 372 g/mol. The van der Waals surface area contributed by atoms with Gasteiger partial charge in [-0.3, -0.25) is 4.79 Å². The van der Waals surface area contributed by atoms with Gasteiger partial charge in [0.15, 0.2) is 4.34 Å². The van der Waals surface area contributed by atoms with Gasteiger partial charge in [0.25, 0.3) is 0 Å². The van der Waals surface area contributed by atoms with Crippen LogP contribution in [0, 0.1) is 5.92 Å². The Morgan fingerprint density at radius 1 is 1.27 bits per heavy atom. The first kappa shape index (κ1) is 20.2. The molecule has 0 spiro atoms. The molecule has 0 aliphatic rings. The highest BCUT2D eigenvalue weighted by Gasteiger charge is 2.26. The average molecular weight is 395 g/mol. The molecule has 0 bridgehead atoms. The van der Waals surface area contributed by atoms with E-state index < -0.39 is 12.0 Å². The Morgan fingerprint density at radius 3 is 2.65 bits per heavy atom. The van der Waals surface area contributed by atoms with Gasteiger partial charge in [0.2, 0.25) is 11.0 Å². The lowest BCUT2D eigenvalue weighted by atomic mass is 9.99. The molecule has 0 radical (unpaired) electrons. The third-order valence-corrected chi connectivity index (χ3v) is 5.71. The normalized spacial score (nSPS) is 12.9. The number of carbonyl (C=O) groups is 2. The molecule has 0 saturated carbocycles. The van der Waals surface area contributed by atoms with Gasteiger partial charge in [0, 0.05) is 5.69 Å². The summed E-state index contributed by atoms with van der Waals surface area (Å²) in [5.41, 5.74) is 0.924. The van der Waals surface area contributed by atoms with E-state index in [1.54, 1.807) is 0 Å². The number of hydrogen-bond donors (Lipinski definition) is 2. The molecule has 2 rings (SSSR count). The molecule has 7 nitrogen and oxygen atoms in total. The molecule has 2 unspecified atom stereocenters. The Labute approximate surface area is 160 Å². The highest BCUT2D eigenvalue weighted by atomic mass is 32.2. The number of methoxy groups -OCH3 is 1. The van der Waals surface area contributed by atoms with Crippen molar-refractivity contribution in [2.24, 2.45) is 5.92 Å². The van der Waals surface area contributed by atoms with Crippen LogP contribution in [0.3, 0.4) is 0 Å². The van der Waals surface area contributed by atoms with Crippen molar-refractivity contribution in [1.82, 2.24) is 15.5 Å². The van der Waals surface area contributed by atoms with Gasteiger partial charge in [-0.25, -0.2) is 4.79 Å². The molecule has 1 aromatic carbocycles. The zero-order valence-electron chi connectivity index (χ0n) is 14.9. The van der Waals surface area contributed by atoms with Crippen molar-refractivity contribution in [3.05, 3.63) is 30.3 Å². The molecular formula is C17H22N4O3S2. The summed E-state index contributed by atoms with van der Waals surface area (Å²) in [6, 6.07) is 9.03. The molecule has 0 saturated heterocycles. The van der Waals surface area contributed by atoms with E-state index in [0.29, 0.717) is 9.47 Å². The molecule has 2 atom stereocenters. The molecule has 0 fully saturated rings. The van der Waals surface area contributed by atoms with E-state index in [4.69, 9.17) is 4.74 Å². The van der Waals surface area contributed by atoms with Gasteiger partial charge in [-0.2, -0.15) is 0 Å². The number of thioether (sulfide) groups is 1. The Kier molecular flexibility index (Phi) is 7.86. The van der Waals surface area contributed by atoms with Gasteiger partial charge in [0.05, 0.1) is 12.9 Å². The lowest BCUT2D eigenvalue weighted by molar-refractivity contribution is -0.146. The third kappa shape index (κ3) is 5.99. The Morgan fingerprint density at radius 2 is 2.00 bits per heavy atom.